The quantitative estimate of drug-likeness (QED) is 0.497. The third kappa shape index (κ3) is 5.22. The van der Waals surface area contributed by atoms with Crippen LogP contribution in [-0.2, 0) is 13.6 Å². The summed E-state index contributed by atoms with van der Waals surface area (Å²) in [6.45, 7) is 10.7. The van der Waals surface area contributed by atoms with E-state index in [0.717, 1.165) is 68.7 Å². The number of nitrogens with zero attached hydrogens (tertiary/aromatic N) is 7. The maximum absolute atomic E-state index is 13.7. The van der Waals surface area contributed by atoms with Gasteiger partial charge in [-0.3, -0.25) is 9.69 Å². The maximum atomic E-state index is 13.7. The Balaban J connectivity index is 1.22. The number of pyridine rings is 1. The van der Waals surface area contributed by atoms with Crippen LogP contribution in [0.25, 0.3) is 0 Å². The highest BCUT2D eigenvalue weighted by molar-refractivity contribution is 6.32. The van der Waals surface area contributed by atoms with Crippen molar-refractivity contribution in [2.24, 2.45) is 7.05 Å². The lowest BCUT2D eigenvalue weighted by Crippen LogP contribution is -2.54. The monoisotopic (exact) mass is 531 g/mol. The van der Waals surface area contributed by atoms with Crippen molar-refractivity contribution in [3.8, 4) is 6.07 Å². The lowest BCUT2D eigenvalue weighted by molar-refractivity contribution is 0.0664. The Morgan fingerprint density at radius 1 is 1.08 bits per heavy atom. The molecule has 198 valence electrons. The number of halogens is 1. The third-order valence-corrected chi connectivity index (χ3v) is 8.19. The Hall–Kier alpha value is -3.54. The Bertz CT molecular complexity index is 1360. The van der Waals surface area contributed by atoms with Crippen molar-refractivity contribution in [1.82, 2.24) is 19.4 Å². The zero-order valence-electron chi connectivity index (χ0n) is 22.3. The lowest BCUT2D eigenvalue weighted by atomic mass is 10.1. The first-order chi connectivity index (χ1) is 18.4. The SMILES string of the molecule is Cc1c(CN2CCN(c3ncccc3Cl)CC2)cc(C(=O)N2CCN(c3cccc(C#N)c3)C[C@@H]2C)n1C. The molecule has 0 N–H and O–H groups in total. The molecule has 1 atom stereocenters. The van der Waals surface area contributed by atoms with E-state index < -0.39 is 0 Å². The highest BCUT2D eigenvalue weighted by Gasteiger charge is 2.31. The molecule has 0 bridgehead atoms. The molecule has 9 heteroatoms. The standard InChI is InChI=1S/C29H34ClN7O/c1-21-19-36(25-7-4-6-23(16-25)18-31)14-15-37(21)29(38)27-17-24(22(2)33(27)3)20-34-10-12-35(13-11-34)28-26(30)8-5-9-32-28/h4-9,16-17,21H,10-15,19-20H2,1-3H3/t21-/m0/s1. The second kappa shape index (κ2) is 11.1. The van der Waals surface area contributed by atoms with Crippen LogP contribution in [0.1, 0.15) is 34.2 Å². The number of piperazine rings is 2. The average molecular weight is 532 g/mol. The van der Waals surface area contributed by atoms with E-state index in [1.54, 1.807) is 6.20 Å². The predicted molar refractivity (Wildman–Crippen MR) is 151 cm³/mol. The van der Waals surface area contributed by atoms with Crippen molar-refractivity contribution in [3.05, 3.63) is 76.2 Å². The first kappa shape index (κ1) is 26.1. The summed E-state index contributed by atoms with van der Waals surface area (Å²) in [5, 5.41) is 9.93. The van der Waals surface area contributed by atoms with Crippen LogP contribution >= 0.6 is 11.6 Å². The lowest BCUT2D eigenvalue weighted by Gasteiger charge is -2.41. The number of nitriles is 1. The fourth-order valence-corrected chi connectivity index (χ4v) is 5.75. The van der Waals surface area contributed by atoms with Gasteiger partial charge in [0.05, 0.1) is 16.7 Å². The minimum atomic E-state index is 0.0622. The molecule has 2 saturated heterocycles. The summed E-state index contributed by atoms with van der Waals surface area (Å²) < 4.78 is 2.04. The Morgan fingerprint density at radius 2 is 1.84 bits per heavy atom. The van der Waals surface area contributed by atoms with Gasteiger partial charge < -0.3 is 19.3 Å². The number of benzene rings is 1. The molecule has 1 amide bonds. The van der Waals surface area contributed by atoms with Crippen LogP contribution in [0.15, 0.2) is 48.7 Å². The molecular formula is C29H34ClN7O. The maximum Gasteiger partial charge on any atom is 0.270 e. The average Bonchev–Trinajstić information content (AvgIpc) is 3.22. The van der Waals surface area contributed by atoms with Crippen molar-refractivity contribution >= 4 is 29.0 Å². The molecule has 2 aromatic heterocycles. The van der Waals surface area contributed by atoms with E-state index >= 15 is 0 Å². The van der Waals surface area contributed by atoms with Crippen LogP contribution in [-0.4, -0.2) is 77.1 Å². The number of carbonyl (C=O) groups is 1. The van der Waals surface area contributed by atoms with Gasteiger partial charge in [0.2, 0.25) is 0 Å². The molecule has 0 radical (unpaired) electrons. The number of hydrogen-bond acceptors (Lipinski definition) is 6. The smallest absolute Gasteiger partial charge is 0.270 e. The molecule has 3 aromatic rings. The molecule has 4 heterocycles. The molecule has 38 heavy (non-hydrogen) atoms. The number of anilines is 2. The van der Waals surface area contributed by atoms with Gasteiger partial charge in [-0.25, -0.2) is 4.98 Å². The molecule has 2 fully saturated rings. The molecule has 0 unspecified atom stereocenters. The van der Waals surface area contributed by atoms with Crippen molar-refractivity contribution < 1.29 is 4.79 Å². The van der Waals surface area contributed by atoms with E-state index in [0.29, 0.717) is 17.1 Å². The Morgan fingerprint density at radius 3 is 2.55 bits per heavy atom. The molecule has 1 aromatic carbocycles. The van der Waals surface area contributed by atoms with E-state index in [2.05, 4.69) is 45.7 Å². The number of rotatable bonds is 5. The Kier molecular flexibility index (Phi) is 7.59. The van der Waals surface area contributed by atoms with Crippen LogP contribution < -0.4 is 9.80 Å². The number of carbonyl (C=O) groups excluding carboxylic acids is 1. The van der Waals surface area contributed by atoms with Crippen molar-refractivity contribution in [2.45, 2.75) is 26.4 Å². The van der Waals surface area contributed by atoms with Crippen LogP contribution in [0.4, 0.5) is 11.5 Å². The van der Waals surface area contributed by atoms with Crippen LogP contribution in [0, 0.1) is 18.3 Å². The molecule has 5 rings (SSSR count). The van der Waals surface area contributed by atoms with Gasteiger partial charge in [-0.05, 0) is 55.8 Å². The zero-order valence-corrected chi connectivity index (χ0v) is 23.0. The largest absolute Gasteiger partial charge is 0.368 e. The topological polar surface area (TPSA) is 71.6 Å². The van der Waals surface area contributed by atoms with E-state index in [1.807, 2.05) is 52.9 Å². The van der Waals surface area contributed by atoms with E-state index in [1.165, 1.54) is 5.56 Å². The van der Waals surface area contributed by atoms with Crippen molar-refractivity contribution in [1.29, 1.82) is 5.26 Å². The number of amides is 1. The molecule has 0 saturated carbocycles. The van der Waals surface area contributed by atoms with Crippen molar-refractivity contribution in [3.63, 3.8) is 0 Å². The summed E-state index contributed by atoms with van der Waals surface area (Å²) in [5.41, 5.74) is 4.75. The second-order valence-electron chi connectivity index (χ2n) is 10.2. The van der Waals surface area contributed by atoms with Gasteiger partial charge in [-0.2, -0.15) is 5.26 Å². The van der Waals surface area contributed by atoms with E-state index in [4.69, 9.17) is 11.6 Å². The normalized spacial score (nSPS) is 18.5. The highest BCUT2D eigenvalue weighted by atomic mass is 35.5. The summed E-state index contributed by atoms with van der Waals surface area (Å²) >= 11 is 6.35. The fraction of sp³-hybridized carbons (Fsp3) is 0.414. The van der Waals surface area contributed by atoms with Gasteiger partial charge >= 0.3 is 0 Å². The van der Waals surface area contributed by atoms with Gasteiger partial charge in [0.15, 0.2) is 0 Å². The van der Waals surface area contributed by atoms with E-state index in [9.17, 15) is 10.1 Å². The molecular weight excluding hydrogens is 498 g/mol. The first-order valence-corrected chi connectivity index (χ1v) is 13.5. The van der Waals surface area contributed by atoms with Gasteiger partial charge in [-0.1, -0.05) is 17.7 Å². The molecule has 2 aliphatic heterocycles. The van der Waals surface area contributed by atoms with Gasteiger partial charge in [-0.15, -0.1) is 0 Å². The summed E-state index contributed by atoms with van der Waals surface area (Å²) in [6.07, 6.45) is 1.78. The van der Waals surface area contributed by atoms with Crippen LogP contribution in [0.5, 0.6) is 0 Å². The molecule has 8 nitrogen and oxygen atoms in total. The summed E-state index contributed by atoms with van der Waals surface area (Å²) in [6, 6.07) is 15.8. The molecule has 0 aliphatic carbocycles. The van der Waals surface area contributed by atoms with Gasteiger partial charge in [0.1, 0.15) is 11.5 Å². The molecule has 0 spiro atoms. The van der Waals surface area contributed by atoms with Crippen LogP contribution in [0.2, 0.25) is 5.02 Å². The zero-order chi connectivity index (χ0) is 26.8. The minimum absolute atomic E-state index is 0.0622. The summed E-state index contributed by atoms with van der Waals surface area (Å²) in [4.78, 5) is 27.0. The fourth-order valence-electron chi connectivity index (χ4n) is 5.51. The summed E-state index contributed by atoms with van der Waals surface area (Å²) in [7, 11) is 1.99. The first-order valence-electron chi connectivity index (χ1n) is 13.1. The number of hydrogen-bond donors (Lipinski definition) is 0. The predicted octanol–water partition coefficient (Wildman–Crippen LogP) is 3.93. The third-order valence-electron chi connectivity index (χ3n) is 7.89. The second-order valence-corrected chi connectivity index (χ2v) is 10.6. The summed E-state index contributed by atoms with van der Waals surface area (Å²) in [5.74, 6) is 0.930. The Labute approximate surface area is 229 Å². The van der Waals surface area contributed by atoms with Crippen molar-refractivity contribution in [2.75, 3.05) is 55.6 Å². The highest BCUT2D eigenvalue weighted by Crippen LogP contribution is 2.26. The van der Waals surface area contributed by atoms with E-state index in [-0.39, 0.29) is 11.9 Å². The van der Waals surface area contributed by atoms with Gasteiger partial charge in [0.25, 0.3) is 5.91 Å². The van der Waals surface area contributed by atoms with Gasteiger partial charge in [0, 0.05) is 83.0 Å². The number of aromatic nitrogens is 2. The molecule has 2 aliphatic rings. The minimum Gasteiger partial charge on any atom is -0.368 e. The van der Waals surface area contributed by atoms with Crippen LogP contribution in [0.3, 0.4) is 0 Å².